The van der Waals surface area contributed by atoms with Crippen LogP contribution in [0.2, 0.25) is 0 Å². The van der Waals surface area contributed by atoms with Crippen LogP contribution in [0.25, 0.3) is 0 Å². The van der Waals surface area contributed by atoms with E-state index in [1.54, 1.807) is 11.9 Å². The number of carbonyl (C=O) groups excluding carboxylic acids is 2. The smallest absolute Gasteiger partial charge is 0.244 e. The van der Waals surface area contributed by atoms with E-state index < -0.39 is 5.41 Å². The summed E-state index contributed by atoms with van der Waals surface area (Å²) in [7, 11) is 1.78. The van der Waals surface area contributed by atoms with Gasteiger partial charge in [-0.05, 0) is 30.0 Å². The van der Waals surface area contributed by atoms with Gasteiger partial charge in [-0.15, -0.1) is 0 Å². The van der Waals surface area contributed by atoms with Crippen LogP contribution in [0.15, 0.2) is 18.2 Å². The molecule has 1 heterocycles. The molecule has 19 heavy (non-hydrogen) atoms. The van der Waals surface area contributed by atoms with Crippen molar-refractivity contribution in [3.05, 3.63) is 29.3 Å². The van der Waals surface area contributed by atoms with Crippen LogP contribution in [0.4, 0.5) is 5.69 Å². The van der Waals surface area contributed by atoms with Crippen molar-refractivity contribution in [3.8, 4) is 0 Å². The number of likely N-dealkylation sites (N-methyl/N-ethyl adjacent to an activating group) is 1. The number of carbonyl (C=O) groups is 2. The lowest BCUT2D eigenvalue weighted by Gasteiger charge is -2.40. The second-order valence-electron chi connectivity index (χ2n) is 5.38. The van der Waals surface area contributed by atoms with Crippen molar-refractivity contribution in [2.24, 2.45) is 5.84 Å². The van der Waals surface area contributed by atoms with E-state index in [2.05, 4.69) is 5.43 Å². The number of nitrogens with one attached hydrogen (secondary N) is 1. The number of anilines is 1. The second-order valence-corrected chi connectivity index (χ2v) is 5.38. The number of hydrazine groups is 1. The summed E-state index contributed by atoms with van der Waals surface area (Å²) in [6.45, 7) is 0. The van der Waals surface area contributed by atoms with Gasteiger partial charge in [-0.25, -0.2) is 5.84 Å². The summed E-state index contributed by atoms with van der Waals surface area (Å²) in [4.78, 5) is 25.4. The molecule has 3 N–H and O–H groups in total. The van der Waals surface area contributed by atoms with Crippen LogP contribution >= 0.6 is 0 Å². The lowest BCUT2D eigenvalue weighted by molar-refractivity contribution is -0.130. The number of fused-ring (bicyclic) bond motifs is 1. The molecule has 0 aromatic heterocycles. The Balaban J connectivity index is 2.02. The first-order chi connectivity index (χ1) is 9.08. The number of rotatable bonds is 2. The van der Waals surface area contributed by atoms with Crippen molar-refractivity contribution in [3.63, 3.8) is 0 Å². The molecule has 2 aliphatic rings. The molecule has 1 aromatic rings. The molecule has 1 aliphatic carbocycles. The van der Waals surface area contributed by atoms with E-state index in [1.165, 1.54) is 0 Å². The maximum Gasteiger partial charge on any atom is 0.244 e. The Morgan fingerprint density at radius 2 is 2.16 bits per heavy atom. The SMILES string of the molecule is CN1C(=O)Cc2cc(C3(C(=O)NN)CCC3)ccc21. The molecular formula is C14H17N3O2. The van der Waals surface area contributed by atoms with Gasteiger partial charge >= 0.3 is 0 Å². The number of nitrogens with two attached hydrogens (primary N) is 1. The molecule has 1 saturated carbocycles. The molecule has 3 rings (SSSR count). The van der Waals surface area contributed by atoms with Gasteiger partial charge in [0.2, 0.25) is 11.8 Å². The minimum atomic E-state index is -0.492. The van der Waals surface area contributed by atoms with E-state index in [9.17, 15) is 9.59 Å². The van der Waals surface area contributed by atoms with Crippen molar-refractivity contribution in [1.29, 1.82) is 0 Å². The van der Waals surface area contributed by atoms with Gasteiger partial charge in [0.05, 0.1) is 11.8 Å². The molecule has 0 bridgehead atoms. The molecule has 1 aromatic carbocycles. The van der Waals surface area contributed by atoms with Crippen molar-refractivity contribution in [1.82, 2.24) is 5.43 Å². The zero-order chi connectivity index (χ0) is 13.6. The van der Waals surface area contributed by atoms with E-state index in [0.29, 0.717) is 6.42 Å². The van der Waals surface area contributed by atoms with Gasteiger partial charge in [-0.2, -0.15) is 0 Å². The summed E-state index contributed by atoms with van der Waals surface area (Å²) < 4.78 is 0. The summed E-state index contributed by atoms with van der Waals surface area (Å²) in [6.07, 6.45) is 3.08. The molecule has 1 fully saturated rings. The lowest BCUT2D eigenvalue weighted by atomic mass is 9.63. The fourth-order valence-electron chi connectivity index (χ4n) is 3.08. The third-order valence-electron chi connectivity index (χ3n) is 4.48. The fraction of sp³-hybridized carbons (Fsp3) is 0.429. The number of nitrogens with zero attached hydrogens (tertiary/aromatic N) is 1. The van der Waals surface area contributed by atoms with Gasteiger partial charge < -0.3 is 4.90 Å². The van der Waals surface area contributed by atoms with Gasteiger partial charge in [0.1, 0.15) is 0 Å². The molecular weight excluding hydrogens is 242 g/mol. The number of benzene rings is 1. The van der Waals surface area contributed by atoms with Crippen LogP contribution in [0.5, 0.6) is 0 Å². The highest BCUT2D eigenvalue weighted by atomic mass is 16.2. The maximum atomic E-state index is 12.0. The van der Waals surface area contributed by atoms with E-state index in [0.717, 1.165) is 36.1 Å². The third-order valence-corrected chi connectivity index (χ3v) is 4.48. The van der Waals surface area contributed by atoms with Gasteiger partial charge in [-0.3, -0.25) is 15.0 Å². The zero-order valence-corrected chi connectivity index (χ0v) is 10.9. The summed E-state index contributed by atoms with van der Waals surface area (Å²) in [6, 6.07) is 5.87. The molecule has 100 valence electrons. The maximum absolute atomic E-state index is 12.0. The van der Waals surface area contributed by atoms with E-state index in [1.807, 2.05) is 18.2 Å². The van der Waals surface area contributed by atoms with E-state index in [-0.39, 0.29) is 11.8 Å². The van der Waals surface area contributed by atoms with E-state index in [4.69, 9.17) is 5.84 Å². The molecule has 0 spiro atoms. The summed E-state index contributed by atoms with van der Waals surface area (Å²) in [5.41, 5.74) is 4.70. The van der Waals surface area contributed by atoms with Crippen LogP contribution in [0.3, 0.4) is 0 Å². The molecule has 5 nitrogen and oxygen atoms in total. The van der Waals surface area contributed by atoms with Crippen molar-refractivity contribution < 1.29 is 9.59 Å². The Hall–Kier alpha value is -1.88. The third kappa shape index (κ3) is 1.58. The largest absolute Gasteiger partial charge is 0.315 e. The first-order valence-electron chi connectivity index (χ1n) is 6.49. The number of hydrogen-bond donors (Lipinski definition) is 2. The Kier molecular flexibility index (Phi) is 2.60. The quantitative estimate of drug-likeness (QED) is 0.464. The predicted molar refractivity (Wildman–Crippen MR) is 71.4 cm³/mol. The topological polar surface area (TPSA) is 75.4 Å². The molecule has 5 heteroatoms. The van der Waals surface area contributed by atoms with Crippen molar-refractivity contribution in [2.75, 3.05) is 11.9 Å². The Bertz CT molecular complexity index is 564. The molecule has 1 aliphatic heterocycles. The zero-order valence-electron chi connectivity index (χ0n) is 10.9. The van der Waals surface area contributed by atoms with Crippen LogP contribution in [-0.4, -0.2) is 18.9 Å². The highest BCUT2D eigenvalue weighted by Gasteiger charge is 2.45. The summed E-state index contributed by atoms with van der Waals surface area (Å²) >= 11 is 0. The molecule has 0 atom stereocenters. The minimum Gasteiger partial charge on any atom is -0.315 e. The average molecular weight is 259 g/mol. The molecule has 0 saturated heterocycles. The lowest BCUT2D eigenvalue weighted by Crippen LogP contribution is -2.51. The Morgan fingerprint density at radius 3 is 2.74 bits per heavy atom. The van der Waals surface area contributed by atoms with Crippen molar-refractivity contribution in [2.45, 2.75) is 31.1 Å². The van der Waals surface area contributed by atoms with Gasteiger partial charge in [0.15, 0.2) is 0 Å². The molecule has 0 radical (unpaired) electrons. The highest BCUT2D eigenvalue weighted by molar-refractivity contribution is 6.01. The van der Waals surface area contributed by atoms with Crippen molar-refractivity contribution >= 4 is 17.5 Å². The van der Waals surface area contributed by atoms with Gasteiger partial charge in [0.25, 0.3) is 0 Å². The second kappa shape index (κ2) is 4.06. The Labute approximate surface area is 111 Å². The first-order valence-corrected chi connectivity index (χ1v) is 6.49. The standard InChI is InChI=1S/C14H17N3O2/c1-17-11-4-3-10(7-9(11)8-12(17)18)14(5-2-6-14)13(19)16-15/h3-4,7H,2,5-6,8,15H2,1H3,(H,16,19). The van der Waals surface area contributed by atoms with Gasteiger partial charge in [0, 0.05) is 12.7 Å². The van der Waals surface area contributed by atoms with Crippen LogP contribution in [0.1, 0.15) is 30.4 Å². The minimum absolute atomic E-state index is 0.0954. The predicted octanol–water partition coefficient (Wildman–Crippen LogP) is 0.617. The number of amides is 2. The van der Waals surface area contributed by atoms with Crippen LogP contribution < -0.4 is 16.2 Å². The summed E-state index contributed by atoms with van der Waals surface area (Å²) in [5.74, 6) is 5.27. The average Bonchev–Trinajstić information content (AvgIpc) is 2.63. The summed E-state index contributed by atoms with van der Waals surface area (Å²) in [5, 5.41) is 0. The van der Waals surface area contributed by atoms with Crippen LogP contribution in [-0.2, 0) is 21.4 Å². The molecule has 0 unspecified atom stereocenters. The Morgan fingerprint density at radius 1 is 1.42 bits per heavy atom. The fourth-order valence-corrected chi connectivity index (χ4v) is 3.08. The molecule has 2 amide bonds. The monoisotopic (exact) mass is 259 g/mol. The van der Waals surface area contributed by atoms with E-state index >= 15 is 0 Å². The number of hydrogen-bond acceptors (Lipinski definition) is 3. The normalized spacial score (nSPS) is 19.9. The first kappa shape index (κ1) is 12.2. The van der Waals surface area contributed by atoms with Crippen LogP contribution in [0, 0.1) is 0 Å². The highest BCUT2D eigenvalue weighted by Crippen LogP contribution is 2.45. The van der Waals surface area contributed by atoms with Gasteiger partial charge in [-0.1, -0.05) is 18.6 Å².